The highest BCUT2D eigenvalue weighted by Crippen LogP contribution is 2.28. The molecule has 2 aromatic carbocycles. The van der Waals surface area contributed by atoms with Crippen molar-refractivity contribution in [2.24, 2.45) is 0 Å². The summed E-state index contributed by atoms with van der Waals surface area (Å²) in [7, 11) is 1.63. The first-order valence-electron chi connectivity index (χ1n) is 8.83. The van der Waals surface area contributed by atoms with Gasteiger partial charge in [0.15, 0.2) is 4.34 Å². The average molecular weight is 415 g/mol. The Labute approximate surface area is 172 Å². The highest BCUT2D eigenvalue weighted by molar-refractivity contribution is 8.01. The minimum atomic E-state index is -0.00681. The van der Waals surface area contributed by atoms with Crippen molar-refractivity contribution in [2.75, 3.05) is 24.7 Å². The van der Waals surface area contributed by atoms with E-state index in [1.54, 1.807) is 7.11 Å². The molecule has 1 atom stereocenters. The molecule has 6 nitrogen and oxygen atoms in total. The Morgan fingerprint density at radius 3 is 2.61 bits per heavy atom. The maximum absolute atomic E-state index is 12.1. The van der Waals surface area contributed by atoms with Crippen LogP contribution in [0.4, 0.5) is 10.8 Å². The first kappa shape index (κ1) is 20.2. The predicted molar refractivity (Wildman–Crippen MR) is 115 cm³/mol. The molecule has 0 aliphatic rings. The third-order valence-electron chi connectivity index (χ3n) is 4.05. The molecule has 0 saturated heterocycles. The molecule has 2 N–H and O–H groups in total. The van der Waals surface area contributed by atoms with Crippen molar-refractivity contribution in [2.45, 2.75) is 17.2 Å². The standard InChI is InChI=1S/C20H22N4O2S2/c1-14(15-6-4-3-5-7-15)12-21-18(25)13-27-20-24-23-19(28-20)22-16-8-10-17(26-2)11-9-16/h3-11,14H,12-13H2,1-2H3,(H,21,25)(H,22,23)/t14-/m1/s1. The van der Waals surface area contributed by atoms with E-state index >= 15 is 0 Å². The summed E-state index contributed by atoms with van der Waals surface area (Å²) in [5.74, 6) is 1.38. The lowest BCUT2D eigenvalue weighted by Crippen LogP contribution is -2.28. The molecule has 1 heterocycles. The van der Waals surface area contributed by atoms with Crippen LogP contribution in [0.1, 0.15) is 18.4 Å². The van der Waals surface area contributed by atoms with E-state index in [-0.39, 0.29) is 11.8 Å². The fraction of sp³-hybridized carbons (Fsp3) is 0.250. The number of hydrogen-bond acceptors (Lipinski definition) is 7. The molecule has 8 heteroatoms. The number of thioether (sulfide) groups is 1. The van der Waals surface area contributed by atoms with Crippen molar-refractivity contribution in [3.8, 4) is 5.75 Å². The van der Waals surface area contributed by atoms with Gasteiger partial charge in [-0.25, -0.2) is 0 Å². The summed E-state index contributed by atoms with van der Waals surface area (Å²) in [6.07, 6.45) is 0. The van der Waals surface area contributed by atoms with E-state index in [1.807, 2.05) is 42.5 Å². The van der Waals surface area contributed by atoms with Crippen molar-refractivity contribution in [3.05, 3.63) is 60.2 Å². The van der Waals surface area contributed by atoms with Crippen LogP contribution in [0.3, 0.4) is 0 Å². The number of anilines is 2. The van der Waals surface area contributed by atoms with E-state index in [2.05, 4.69) is 39.9 Å². The first-order valence-corrected chi connectivity index (χ1v) is 10.6. The molecular formula is C20H22N4O2S2. The summed E-state index contributed by atoms with van der Waals surface area (Å²) in [6, 6.07) is 17.7. The summed E-state index contributed by atoms with van der Waals surface area (Å²) >= 11 is 2.81. The maximum atomic E-state index is 12.1. The molecule has 28 heavy (non-hydrogen) atoms. The Hall–Kier alpha value is -2.58. The van der Waals surface area contributed by atoms with Crippen LogP contribution in [0.5, 0.6) is 5.75 Å². The number of nitrogens with zero attached hydrogens (tertiary/aromatic N) is 2. The SMILES string of the molecule is COc1ccc(Nc2nnc(SCC(=O)NC[C@@H](C)c3ccccc3)s2)cc1. The lowest BCUT2D eigenvalue weighted by Gasteiger charge is -2.12. The molecule has 0 fully saturated rings. The lowest BCUT2D eigenvalue weighted by molar-refractivity contribution is -0.118. The van der Waals surface area contributed by atoms with E-state index in [9.17, 15) is 4.79 Å². The fourth-order valence-corrected chi connectivity index (χ4v) is 4.06. The summed E-state index contributed by atoms with van der Waals surface area (Å²) in [5.41, 5.74) is 2.12. The zero-order chi connectivity index (χ0) is 19.8. The number of nitrogens with one attached hydrogen (secondary N) is 2. The predicted octanol–water partition coefficient (Wildman–Crippen LogP) is 4.30. The van der Waals surface area contributed by atoms with E-state index in [1.165, 1.54) is 28.7 Å². The Balaban J connectivity index is 1.42. The monoisotopic (exact) mass is 414 g/mol. The van der Waals surface area contributed by atoms with Gasteiger partial charge in [-0.15, -0.1) is 10.2 Å². The Morgan fingerprint density at radius 1 is 1.14 bits per heavy atom. The number of rotatable bonds is 9. The molecule has 0 bridgehead atoms. The van der Waals surface area contributed by atoms with E-state index in [4.69, 9.17) is 4.74 Å². The third kappa shape index (κ3) is 5.97. The van der Waals surface area contributed by atoms with Gasteiger partial charge in [-0.2, -0.15) is 0 Å². The molecule has 1 aromatic heterocycles. The lowest BCUT2D eigenvalue weighted by atomic mass is 10.0. The van der Waals surface area contributed by atoms with Crippen LogP contribution in [0.2, 0.25) is 0 Å². The fourth-order valence-electron chi connectivity index (χ4n) is 2.46. The minimum Gasteiger partial charge on any atom is -0.497 e. The summed E-state index contributed by atoms with van der Waals surface area (Å²) in [5, 5.41) is 15.1. The second-order valence-electron chi connectivity index (χ2n) is 6.13. The van der Waals surface area contributed by atoms with Gasteiger partial charge in [0.05, 0.1) is 12.9 Å². The Bertz CT molecular complexity index is 885. The molecule has 0 radical (unpaired) electrons. The van der Waals surface area contributed by atoms with Gasteiger partial charge in [-0.3, -0.25) is 4.79 Å². The van der Waals surface area contributed by atoms with Gasteiger partial charge in [0.1, 0.15) is 5.75 Å². The zero-order valence-corrected chi connectivity index (χ0v) is 17.3. The molecule has 3 aromatic rings. The summed E-state index contributed by atoms with van der Waals surface area (Å²) in [6.45, 7) is 2.72. The molecule has 0 spiro atoms. The van der Waals surface area contributed by atoms with E-state index in [0.717, 1.165) is 15.8 Å². The van der Waals surface area contributed by atoms with Gasteiger partial charge in [0.2, 0.25) is 11.0 Å². The van der Waals surface area contributed by atoms with Crippen molar-refractivity contribution >= 4 is 39.8 Å². The topological polar surface area (TPSA) is 76.1 Å². The molecule has 146 valence electrons. The number of aromatic nitrogens is 2. The minimum absolute atomic E-state index is 0.00681. The Kier molecular flexibility index (Phi) is 7.27. The van der Waals surface area contributed by atoms with Crippen LogP contribution in [-0.2, 0) is 4.79 Å². The zero-order valence-electron chi connectivity index (χ0n) is 15.7. The maximum Gasteiger partial charge on any atom is 0.230 e. The van der Waals surface area contributed by atoms with Crippen LogP contribution in [-0.4, -0.2) is 35.5 Å². The smallest absolute Gasteiger partial charge is 0.230 e. The second-order valence-corrected chi connectivity index (χ2v) is 8.33. The van der Waals surface area contributed by atoms with Gasteiger partial charge in [-0.1, -0.05) is 60.4 Å². The van der Waals surface area contributed by atoms with Crippen molar-refractivity contribution < 1.29 is 9.53 Å². The number of ether oxygens (including phenoxy) is 1. The van der Waals surface area contributed by atoms with Crippen molar-refractivity contribution in [3.63, 3.8) is 0 Å². The number of hydrogen-bond donors (Lipinski definition) is 2. The summed E-state index contributed by atoms with van der Waals surface area (Å²) < 4.78 is 5.90. The van der Waals surface area contributed by atoms with Gasteiger partial charge in [0.25, 0.3) is 0 Å². The molecule has 0 aliphatic carbocycles. The number of methoxy groups -OCH3 is 1. The van der Waals surface area contributed by atoms with Gasteiger partial charge in [0, 0.05) is 12.2 Å². The van der Waals surface area contributed by atoms with Gasteiger partial charge in [-0.05, 0) is 35.7 Å². The molecule has 1 amide bonds. The van der Waals surface area contributed by atoms with Gasteiger partial charge < -0.3 is 15.4 Å². The van der Waals surface area contributed by atoms with Gasteiger partial charge >= 0.3 is 0 Å². The van der Waals surface area contributed by atoms with Crippen LogP contribution in [0.25, 0.3) is 0 Å². The van der Waals surface area contributed by atoms with Crippen molar-refractivity contribution in [1.29, 1.82) is 0 Å². The molecule has 0 saturated carbocycles. The third-order valence-corrected chi connectivity index (χ3v) is 6.02. The average Bonchev–Trinajstić information content (AvgIpc) is 3.19. The van der Waals surface area contributed by atoms with Crippen LogP contribution in [0.15, 0.2) is 58.9 Å². The molecule has 0 aliphatic heterocycles. The van der Waals surface area contributed by atoms with Crippen molar-refractivity contribution in [1.82, 2.24) is 15.5 Å². The van der Waals surface area contributed by atoms with Crippen LogP contribution < -0.4 is 15.4 Å². The number of carbonyl (C=O) groups excluding carboxylic acids is 1. The number of amides is 1. The molecule has 3 rings (SSSR count). The normalized spacial score (nSPS) is 11.6. The largest absolute Gasteiger partial charge is 0.497 e. The second kappa shape index (κ2) is 10.1. The van der Waals surface area contributed by atoms with E-state index in [0.29, 0.717) is 17.4 Å². The number of benzene rings is 2. The summed E-state index contributed by atoms with van der Waals surface area (Å²) in [4.78, 5) is 12.1. The number of carbonyl (C=O) groups is 1. The first-order chi connectivity index (χ1) is 13.6. The van der Waals surface area contributed by atoms with E-state index < -0.39 is 0 Å². The Morgan fingerprint density at radius 2 is 1.89 bits per heavy atom. The highest BCUT2D eigenvalue weighted by atomic mass is 32.2. The molecular weight excluding hydrogens is 392 g/mol. The quantitative estimate of drug-likeness (QED) is 0.509. The molecule has 0 unspecified atom stereocenters. The van der Waals surface area contributed by atoms with Crippen LogP contribution >= 0.6 is 23.1 Å². The highest BCUT2D eigenvalue weighted by Gasteiger charge is 2.10. The van der Waals surface area contributed by atoms with Crippen LogP contribution in [0, 0.1) is 0 Å².